The molecule has 0 amide bonds. The summed E-state index contributed by atoms with van der Waals surface area (Å²) in [7, 11) is 0. The largest absolute Gasteiger partial charge is 0.309 e. The van der Waals surface area contributed by atoms with Crippen LogP contribution in [0, 0.1) is 6.92 Å². The van der Waals surface area contributed by atoms with Gasteiger partial charge in [0.25, 0.3) is 0 Å². The number of rotatable bonds is 2. The molecule has 0 radical (unpaired) electrons. The molecule has 80 valence electrons. The van der Waals surface area contributed by atoms with Crippen LogP contribution in [0.15, 0.2) is 12.3 Å². The van der Waals surface area contributed by atoms with Crippen molar-refractivity contribution >= 4 is 22.8 Å². The van der Waals surface area contributed by atoms with Gasteiger partial charge in [-0.25, -0.2) is 9.97 Å². The molecular weight excluding hydrogens is 210 g/mol. The summed E-state index contributed by atoms with van der Waals surface area (Å²) >= 11 is 5.89. The smallest absolute Gasteiger partial charge is 0.160 e. The van der Waals surface area contributed by atoms with Gasteiger partial charge in [-0.05, 0) is 32.4 Å². The van der Waals surface area contributed by atoms with Gasteiger partial charge in [0.2, 0.25) is 0 Å². The van der Waals surface area contributed by atoms with Crippen LogP contribution in [0.3, 0.4) is 0 Å². The van der Waals surface area contributed by atoms with Crippen LogP contribution in [-0.4, -0.2) is 14.5 Å². The number of hydrogen-bond acceptors (Lipinski definition) is 2. The lowest BCUT2D eigenvalue weighted by molar-refractivity contribution is 0.592. The maximum Gasteiger partial charge on any atom is 0.160 e. The summed E-state index contributed by atoms with van der Waals surface area (Å²) in [4.78, 5) is 8.89. The van der Waals surface area contributed by atoms with Crippen LogP contribution in [0.2, 0.25) is 0 Å². The molecule has 0 atom stereocenters. The van der Waals surface area contributed by atoms with Gasteiger partial charge in [-0.15, -0.1) is 11.6 Å². The van der Waals surface area contributed by atoms with Crippen LogP contribution in [-0.2, 0) is 5.88 Å². The van der Waals surface area contributed by atoms with Gasteiger partial charge < -0.3 is 4.57 Å². The van der Waals surface area contributed by atoms with Gasteiger partial charge >= 0.3 is 0 Å². The number of imidazole rings is 1. The minimum Gasteiger partial charge on any atom is -0.309 e. The number of aryl methyl sites for hydroxylation is 1. The molecule has 0 fully saturated rings. The Kier molecular flexibility index (Phi) is 2.65. The first kappa shape index (κ1) is 10.4. The molecule has 15 heavy (non-hydrogen) atoms. The van der Waals surface area contributed by atoms with Crippen molar-refractivity contribution in [3.63, 3.8) is 0 Å². The van der Waals surface area contributed by atoms with E-state index in [2.05, 4.69) is 28.4 Å². The molecule has 0 aliphatic carbocycles. The molecule has 0 unspecified atom stereocenters. The van der Waals surface area contributed by atoms with Gasteiger partial charge in [0.15, 0.2) is 5.65 Å². The molecule has 2 rings (SSSR count). The minimum absolute atomic E-state index is 0.332. The molecule has 0 saturated heterocycles. The highest BCUT2D eigenvalue weighted by Crippen LogP contribution is 2.22. The molecule has 2 heterocycles. The van der Waals surface area contributed by atoms with Gasteiger partial charge in [-0.1, -0.05) is 0 Å². The van der Waals surface area contributed by atoms with Crippen molar-refractivity contribution in [2.45, 2.75) is 32.7 Å². The lowest BCUT2D eigenvalue weighted by atomic mass is 10.3. The number of pyridine rings is 1. The minimum atomic E-state index is 0.332. The summed E-state index contributed by atoms with van der Waals surface area (Å²) in [6.45, 7) is 6.27. The van der Waals surface area contributed by atoms with Crippen LogP contribution in [0.4, 0.5) is 0 Å². The third-order valence-electron chi connectivity index (χ3n) is 2.49. The van der Waals surface area contributed by atoms with Gasteiger partial charge in [0.1, 0.15) is 11.3 Å². The summed E-state index contributed by atoms with van der Waals surface area (Å²) in [5.74, 6) is 1.32. The van der Waals surface area contributed by atoms with E-state index < -0.39 is 0 Å². The van der Waals surface area contributed by atoms with Crippen LogP contribution in [0.1, 0.15) is 31.3 Å². The van der Waals surface area contributed by atoms with Crippen molar-refractivity contribution in [2.24, 2.45) is 0 Å². The number of alkyl halides is 1. The van der Waals surface area contributed by atoms with Crippen molar-refractivity contribution in [3.05, 3.63) is 23.7 Å². The molecule has 4 heteroatoms. The number of fused-ring (bicyclic) bond motifs is 1. The molecule has 0 bridgehead atoms. The molecule has 0 spiro atoms. The number of hydrogen-bond donors (Lipinski definition) is 0. The highest BCUT2D eigenvalue weighted by molar-refractivity contribution is 6.16. The standard InChI is InChI=1S/C11H14ClN3/c1-7(2)15-9(6-12)14-10-8(3)4-5-13-11(10)15/h4-5,7H,6H2,1-3H3. The first-order valence-electron chi connectivity index (χ1n) is 5.03. The molecule has 0 N–H and O–H groups in total. The maximum atomic E-state index is 5.89. The zero-order chi connectivity index (χ0) is 11.0. The number of aromatic nitrogens is 3. The predicted octanol–water partition coefficient (Wildman–Crippen LogP) is 3.06. The highest BCUT2D eigenvalue weighted by Gasteiger charge is 2.14. The van der Waals surface area contributed by atoms with Gasteiger partial charge in [-0.2, -0.15) is 0 Å². The Balaban J connectivity index is 2.80. The lowest BCUT2D eigenvalue weighted by Gasteiger charge is -2.10. The Bertz CT molecular complexity index is 488. The van der Waals surface area contributed by atoms with E-state index in [0.717, 1.165) is 22.6 Å². The SMILES string of the molecule is Cc1ccnc2c1nc(CCl)n2C(C)C. The van der Waals surface area contributed by atoms with Gasteiger partial charge in [-0.3, -0.25) is 0 Å². The monoisotopic (exact) mass is 223 g/mol. The molecule has 0 aliphatic rings. The Hall–Kier alpha value is -1.09. The molecule has 0 aromatic carbocycles. The second-order valence-corrected chi connectivity index (χ2v) is 4.19. The van der Waals surface area contributed by atoms with Gasteiger partial charge in [0, 0.05) is 12.2 Å². The first-order chi connectivity index (χ1) is 7.15. The van der Waals surface area contributed by atoms with Crippen molar-refractivity contribution in [2.75, 3.05) is 0 Å². The normalized spacial score (nSPS) is 11.5. The summed E-state index contributed by atoms with van der Waals surface area (Å²) in [6, 6.07) is 2.30. The molecular formula is C11H14ClN3. The van der Waals surface area contributed by atoms with Crippen LogP contribution < -0.4 is 0 Å². The van der Waals surface area contributed by atoms with Crippen LogP contribution in [0.5, 0.6) is 0 Å². The summed E-state index contributed by atoms with van der Waals surface area (Å²) in [6.07, 6.45) is 1.82. The predicted molar refractivity (Wildman–Crippen MR) is 62.2 cm³/mol. The highest BCUT2D eigenvalue weighted by atomic mass is 35.5. The molecule has 2 aromatic heterocycles. The van der Waals surface area contributed by atoms with E-state index in [1.54, 1.807) is 0 Å². The van der Waals surface area contributed by atoms with E-state index >= 15 is 0 Å². The van der Waals surface area contributed by atoms with Crippen molar-refractivity contribution < 1.29 is 0 Å². The van der Waals surface area contributed by atoms with E-state index in [0.29, 0.717) is 11.9 Å². The Morgan fingerprint density at radius 3 is 2.80 bits per heavy atom. The topological polar surface area (TPSA) is 30.7 Å². The second kappa shape index (κ2) is 3.81. The van der Waals surface area contributed by atoms with E-state index in [4.69, 9.17) is 11.6 Å². The van der Waals surface area contributed by atoms with E-state index in [1.807, 2.05) is 19.2 Å². The fourth-order valence-corrected chi connectivity index (χ4v) is 1.98. The quantitative estimate of drug-likeness (QED) is 0.733. The molecule has 3 nitrogen and oxygen atoms in total. The van der Waals surface area contributed by atoms with Crippen molar-refractivity contribution in [1.29, 1.82) is 0 Å². The molecule has 0 saturated carbocycles. The fraction of sp³-hybridized carbons (Fsp3) is 0.455. The third-order valence-corrected chi connectivity index (χ3v) is 2.73. The third kappa shape index (κ3) is 1.61. The number of nitrogens with zero attached hydrogens (tertiary/aromatic N) is 3. The van der Waals surface area contributed by atoms with Crippen LogP contribution in [0.25, 0.3) is 11.2 Å². The Morgan fingerprint density at radius 2 is 2.20 bits per heavy atom. The van der Waals surface area contributed by atoms with E-state index in [1.165, 1.54) is 0 Å². The summed E-state index contributed by atoms with van der Waals surface area (Å²) in [5.41, 5.74) is 3.04. The van der Waals surface area contributed by atoms with Gasteiger partial charge in [0.05, 0.1) is 5.88 Å². The molecule has 2 aromatic rings. The van der Waals surface area contributed by atoms with Crippen LogP contribution >= 0.6 is 11.6 Å². The first-order valence-corrected chi connectivity index (χ1v) is 5.57. The molecule has 0 aliphatic heterocycles. The Morgan fingerprint density at radius 1 is 1.47 bits per heavy atom. The number of halogens is 1. The average molecular weight is 224 g/mol. The summed E-state index contributed by atoms with van der Waals surface area (Å²) < 4.78 is 2.09. The van der Waals surface area contributed by atoms with E-state index in [9.17, 15) is 0 Å². The average Bonchev–Trinajstić information content (AvgIpc) is 2.57. The second-order valence-electron chi connectivity index (χ2n) is 3.93. The van der Waals surface area contributed by atoms with Crippen molar-refractivity contribution in [3.8, 4) is 0 Å². The maximum absolute atomic E-state index is 5.89. The zero-order valence-corrected chi connectivity index (χ0v) is 9.91. The Labute approximate surface area is 94.1 Å². The fourth-order valence-electron chi connectivity index (χ4n) is 1.79. The lowest BCUT2D eigenvalue weighted by Crippen LogP contribution is -2.05. The zero-order valence-electron chi connectivity index (χ0n) is 9.16. The summed E-state index contributed by atoms with van der Waals surface area (Å²) in [5, 5.41) is 0. The van der Waals surface area contributed by atoms with Crippen molar-refractivity contribution in [1.82, 2.24) is 14.5 Å². The van der Waals surface area contributed by atoms with E-state index in [-0.39, 0.29) is 0 Å².